The lowest BCUT2D eigenvalue weighted by Crippen LogP contribution is -2.39. The van der Waals surface area contributed by atoms with Crippen molar-refractivity contribution in [1.29, 1.82) is 0 Å². The van der Waals surface area contributed by atoms with Crippen molar-refractivity contribution in [1.82, 2.24) is 4.90 Å². The fourth-order valence-electron chi connectivity index (χ4n) is 3.76. The molecule has 2 aromatic rings. The van der Waals surface area contributed by atoms with Crippen LogP contribution in [-0.4, -0.2) is 54.2 Å². The van der Waals surface area contributed by atoms with Gasteiger partial charge in [0.25, 0.3) is 0 Å². The molecule has 0 aliphatic carbocycles. The number of aryl methyl sites for hydroxylation is 1. The molecule has 0 amide bonds. The van der Waals surface area contributed by atoms with Gasteiger partial charge < -0.3 is 14.7 Å². The molecule has 2 atom stereocenters. The summed E-state index contributed by atoms with van der Waals surface area (Å²) in [5.41, 5.74) is 4.06. The fraction of sp³-hybridized carbons (Fsp3) is 0.480. The minimum Gasteiger partial charge on any atom is -0.390 e. The molecule has 0 radical (unpaired) electrons. The molecule has 1 aliphatic rings. The predicted octanol–water partition coefficient (Wildman–Crippen LogP) is 4.16. The van der Waals surface area contributed by atoms with Crippen LogP contribution in [-0.2, 0) is 16.1 Å². The normalized spacial score (nSPS) is 17.1. The van der Waals surface area contributed by atoms with E-state index < -0.39 is 6.10 Å². The molecule has 0 saturated carbocycles. The number of aliphatic hydroxyl groups is 1. The number of halogens is 1. The Morgan fingerprint density at radius 3 is 2.74 bits per heavy atom. The van der Waals surface area contributed by atoms with E-state index in [1.807, 2.05) is 18.2 Å². The van der Waals surface area contributed by atoms with E-state index >= 15 is 0 Å². The van der Waals surface area contributed by atoms with Gasteiger partial charge in [0.2, 0.25) is 0 Å². The number of rotatable bonds is 11. The summed E-state index contributed by atoms with van der Waals surface area (Å²) in [5.74, 6) is 0.153. The monoisotopic (exact) mass is 428 g/mol. The van der Waals surface area contributed by atoms with Crippen LogP contribution in [0, 0.1) is 18.7 Å². The molecule has 1 aliphatic heterocycles. The highest BCUT2D eigenvalue weighted by Gasteiger charge is 2.26. The lowest BCUT2D eigenvalue weighted by Gasteiger charge is -2.27. The Hall–Kier alpha value is -2.28. The molecule has 5 nitrogen and oxygen atoms in total. The van der Waals surface area contributed by atoms with Crippen LogP contribution in [0.15, 0.2) is 53.7 Å². The molecule has 31 heavy (non-hydrogen) atoms. The van der Waals surface area contributed by atoms with E-state index in [9.17, 15) is 9.50 Å². The van der Waals surface area contributed by atoms with Crippen LogP contribution in [0.5, 0.6) is 0 Å². The minimum atomic E-state index is -0.634. The summed E-state index contributed by atoms with van der Waals surface area (Å²) in [6.07, 6.45) is -0.0535. The topological polar surface area (TPSA) is 54.3 Å². The number of nitrogens with zero attached hydrogens (tertiary/aromatic N) is 2. The average molecular weight is 429 g/mol. The largest absolute Gasteiger partial charge is 0.390 e. The van der Waals surface area contributed by atoms with Crippen LogP contribution in [0.3, 0.4) is 0 Å². The quantitative estimate of drug-likeness (QED) is 0.584. The van der Waals surface area contributed by atoms with Gasteiger partial charge in [-0.3, -0.25) is 4.90 Å². The van der Waals surface area contributed by atoms with Crippen LogP contribution < -0.4 is 0 Å². The molecule has 0 fully saturated rings. The van der Waals surface area contributed by atoms with E-state index in [1.165, 1.54) is 17.7 Å². The van der Waals surface area contributed by atoms with Gasteiger partial charge in [0.15, 0.2) is 0 Å². The van der Waals surface area contributed by atoms with Crippen molar-refractivity contribution in [3.63, 3.8) is 0 Å². The third kappa shape index (κ3) is 7.42. The number of aliphatic hydroxyl groups excluding tert-OH is 1. The Kier molecular flexibility index (Phi) is 8.58. The van der Waals surface area contributed by atoms with Crippen LogP contribution in [0.25, 0.3) is 0 Å². The van der Waals surface area contributed by atoms with Crippen LogP contribution in [0.4, 0.5) is 4.39 Å². The molecule has 2 aromatic carbocycles. The highest BCUT2D eigenvalue weighted by atomic mass is 19.1. The number of benzene rings is 2. The first-order valence-corrected chi connectivity index (χ1v) is 10.9. The smallest absolute Gasteiger partial charge is 0.145 e. The molecule has 0 saturated heterocycles. The lowest BCUT2D eigenvalue weighted by molar-refractivity contribution is -0.00735. The van der Waals surface area contributed by atoms with Gasteiger partial charge in [-0.05, 0) is 36.1 Å². The van der Waals surface area contributed by atoms with Gasteiger partial charge in [-0.2, -0.15) is 0 Å². The number of oxime groups is 1. The average Bonchev–Trinajstić information content (AvgIpc) is 3.16. The molecule has 1 heterocycles. The third-order valence-electron chi connectivity index (χ3n) is 5.18. The van der Waals surface area contributed by atoms with Crippen molar-refractivity contribution >= 4 is 5.71 Å². The molecular formula is C25H33FN2O3. The van der Waals surface area contributed by atoms with Gasteiger partial charge in [0, 0.05) is 38.2 Å². The molecule has 3 rings (SSSR count). The van der Waals surface area contributed by atoms with Gasteiger partial charge in [0.1, 0.15) is 11.9 Å². The lowest BCUT2D eigenvalue weighted by atomic mass is 10.00. The van der Waals surface area contributed by atoms with Crippen molar-refractivity contribution in [3.05, 3.63) is 71.0 Å². The maximum Gasteiger partial charge on any atom is 0.145 e. The summed E-state index contributed by atoms with van der Waals surface area (Å²) in [7, 11) is 0. The van der Waals surface area contributed by atoms with Crippen molar-refractivity contribution in [2.24, 2.45) is 11.1 Å². The van der Waals surface area contributed by atoms with Crippen molar-refractivity contribution < 1.29 is 19.1 Å². The fourth-order valence-corrected chi connectivity index (χ4v) is 3.76. The van der Waals surface area contributed by atoms with E-state index in [2.05, 4.69) is 43.0 Å². The van der Waals surface area contributed by atoms with Crippen molar-refractivity contribution in [2.75, 3.05) is 26.3 Å². The summed E-state index contributed by atoms with van der Waals surface area (Å²) in [6, 6.07) is 14.7. The van der Waals surface area contributed by atoms with Gasteiger partial charge in [-0.1, -0.05) is 55.4 Å². The van der Waals surface area contributed by atoms with Crippen molar-refractivity contribution in [3.8, 4) is 0 Å². The SMILES string of the molecule is Cc1ccccc1C1=NO[C@@H](CN(Cc2cccc(F)c2)C[C@H](O)COCC(C)C)C1. The van der Waals surface area contributed by atoms with Gasteiger partial charge >= 0.3 is 0 Å². The molecule has 6 heteroatoms. The van der Waals surface area contributed by atoms with E-state index in [-0.39, 0.29) is 18.5 Å². The zero-order valence-electron chi connectivity index (χ0n) is 18.6. The van der Waals surface area contributed by atoms with Gasteiger partial charge in [-0.25, -0.2) is 4.39 Å². The molecule has 0 unspecified atom stereocenters. The van der Waals surface area contributed by atoms with E-state index in [0.717, 1.165) is 16.8 Å². The van der Waals surface area contributed by atoms with Gasteiger partial charge in [-0.15, -0.1) is 0 Å². The maximum absolute atomic E-state index is 13.7. The number of hydrogen-bond acceptors (Lipinski definition) is 5. The molecule has 0 bridgehead atoms. The zero-order valence-corrected chi connectivity index (χ0v) is 18.6. The Bertz CT molecular complexity index is 871. The molecule has 168 valence electrons. The third-order valence-corrected chi connectivity index (χ3v) is 5.18. The number of ether oxygens (including phenoxy) is 1. The molecule has 0 spiro atoms. The van der Waals surface area contributed by atoms with E-state index in [0.29, 0.717) is 38.6 Å². The second kappa shape index (κ2) is 11.4. The van der Waals surface area contributed by atoms with E-state index in [1.54, 1.807) is 6.07 Å². The maximum atomic E-state index is 13.7. The van der Waals surface area contributed by atoms with Gasteiger partial charge in [0.05, 0.1) is 18.4 Å². The summed E-state index contributed by atoms with van der Waals surface area (Å²) < 4.78 is 19.3. The summed E-state index contributed by atoms with van der Waals surface area (Å²) >= 11 is 0. The zero-order chi connectivity index (χ0) is 22.2. The Morgan fingerprint density at radius 1 is 1.19 bits per heavy atom. The summed E-state index contributed by atoms with van der Waals surface area (Å²) in [5, 5.41) is 14.8. The Balaban J connectivity index is 1.61. The first kappa shape index (κ1) is 23.4. The molecule has 0 aromatic heterocycles. The standard InChI is InChI=1S/C25H33FN2O3/c1-18(2)16-30-17-22(29)14-28(13-20-8-6-9-21(26)11-20)15-23-12-25(27-31-23)24-10-5-4-7-19(24)3/h4-11,18,22-23,29H,12-17H2,1-3H3/t22-,23+/m0/s1. The highest BCUT2D eigenvalue weighted by Crippen LogP contribution is 2.21. The Morgan fingerprint density at radius 2 is 2.00 bits per heavy atom. The first-order chi connectivity index (χ1) is 14.9. The second-order valence-corrected chi connectivity index (χ2v) is 8.69. The second-order valence-electron chi connectivity index (χ2n) is 8.69. The van der Waals surface area contributed by atoms with E-state index in [4.69, 9.17) is 9.57 Å². The number of hydrogen-bond donors (Lipinski definition) is 1. The van der Waals surface area contributed by atoms with Crippen LogP contribution in [0.2, 0.25) is 0 Å². The first-order valence-electron chi connectivity index (χ1n) is 10.9. The van der Waals surface area contributed by atoms with Crippen LogP contribution in [0.1, 0.15) is 37.0 Å². The minimum absolute atomic E-state index is 0.119. The molecular weight excluding hydrogens is 395 g/mol. The van der Waals surface area contributed by atoms with Crippen molar-refractivity contribution in [2.45, 2.75) is 45.9 Å². The summed E-state index contributed by atoms with van der Waals surface area (Å²) in [4.78, 5) is 7.80. The predicted molar refractivity (Wildman–Crippen MR) is 121 cm³/mol. The highest BCUT2D eigenvalue weighted by molar-refractivity contribution is 6.02. The molecule has 1 N–H and O–H groups in total. The Labute approximate surface area is 184 Å². The van der Waals surface area contributed by atoms with Crippen LogP contribution >= 0.6 is 0 Å². The summed E-state index contributed by atoms with van der Waals surface area (Å²) in [6.45, 7) is 8.60.